The second-order valence-electron chi connectivity index (χ2n) is 22.8. The molecule has 1 radical (unpaired) electrons. The Hall–Kier alpha value is -2.83. The van der Waals surface area contributed by atoms with Gasteiger partial charge in [0, 0.05) is 45.0 Å². The van der Waals surface area contributed by atoms with Crippen LogP contribution in [0.1, 0.15) is 178 Å². The summed E-state index contributed by atoms with van der Waals surface area (Å²) in [4.78, 5) is 70.1. The molecule has 4 amide bonds. The fraction of sp³-hybridized carbons (Fsp3) is 0.500. The zero-order valence-corrected chi connectivity index (χ0v) is 60.4. The summed E-state index contributed by atoms with van der Waals surface area (Å²) < 4.78 is 14.3. The molecule has 0 saturated carbocycles. The topological polar surface area (TPSA) is 93.6 Å². The van der Waals surface area contributed by atoms with Crippen molar-refractivity contribution >= 4 is 249 Å². The van der Waals surface area contributed by atoms with Gasteiger partial charge in [-0.25, -0.2) is 0 Å². The number of halogens is 2. The number of carbonyl (C=O) groups is 4. The molecule has 12 rings (SSSR count). The van der Waals surface area contributed by atoms with Gasteiger partial charge >= 0.3 is 24.8 Å². The molecule has 0 fully saturated rings. The first-order valence-corrected chi connectivity index (χ1v) is 39.1. The van der Waals surface area contributed by atoms with E-state index in [2.05, 4.69) is 147 Å². The van der Waals surface area contributed by atoms with Gasteiger partial charge in [-0.2, -0.15) is 0 Å². The van der Waals surface area contributed by atoms with Gasteiger partial charge in [-0.05, 0) is 116 Å². The molecular formula is C64H75BBr2N5O4S9. The van der Waals surface area contributed by atoms with Gasteiger partial charge < -0.3 is 19.6 Å². The molecule has 85 heavy (non-hydrogen) atoms. The number of amides is 4. The van der Waals surface area contributed by atoms with Gasteiger partial charge in [0.15, 0.2) is 0 Å². The Kier molecular flexibility index (Phi) is 22.2. The molecule has 12 heterocycles. The van der Waals surface area contributed by atoms with Gasteiger partial charge in [0.25, 0.3) is 23.6 Å². The summed E-state index contributed by atoms with van der Waals surface area (Å²) in [5.74, 6) is 1.84. The summed E-state index contributed by atoms with van der Waals surface area (Å²) in [5.41, 5.74) is 6.71. The molecule has 0 N–H and O–H groups in total. The Labute approximate surface area is 556 Å². The van der Waals surface area contributed by atoms with E-state index in [0.717, 1.165) is 149 Å². The van der Waals surface area contributed by atoms with Crippen LogP contribution in [0, 0.1) is 23.7 Å². The van der Waals surface area contributed by atoms with Crippen molar-refractivity contribution in [3.05, 3.63) is 62.1 Å². The molecule has 0 spiro atoms. The van der Waals surface area contributed by atoms with Gasteiger partial charge in [0.2, 0.25) is 0 Å². The third kappa shape index (κ3) is 12.6. The third-order valence-electron chi connectivity index (χ3n) is 17.4. The summed E-state index contributed by atoms with van der Waals surface area (Å²) in [7, 11) is 4.34. The Bertz CT molecular complexity index is 3590. The van der Waals surface area contributed by atoms with Crippen LogP contribution in [0.4, 0.5) is 22.7 Å². The second-order valence-corrected chi connectivity index (χ2v) is 33.9. The van der Waals surface area contributed by atoms with Gasteiger partial charge in [-0.1, -0.05) is 132 Å². The zero-order chi connectivity index (χ0) is 60.4. The van der Waals surface area contributed by atoms with Crippen LogP contribution < -0.4 is 19.6 Å². The maximum atomic E-state index is 14.6. The fourth-order valence-electron chi connectivity index (χ4n) is 12.6. The minimum atomic E-state index is 0.00438. The molecule has 0 saturated heterocycles. The van der Waals surface area contributed by atoms with E-state index >= 15 is 0 Å². The third-order valence-corrected chi connectivity index (χ3v) is 27.7. The molecule has 21 heteroatoms. The van der Waals surface area contributed by atoms with Crippen molar-refractivity contribution in [2.75, 3.05) is 45.8 Å². The van der Waals surface area contributed by atoms with Crippen molar-refractivity contribution in [1.29, 1.82) is 0 Å². The van der Waals surface area contributed by atoms with Crippen molar-refractivity contribution in [1.82, 2.24) is 0 Å². The molecule has 451 valence electrons. The number of unbranched alkanes of at least 4 members (excludes halogenated alkanes) is 4. The number of thiophene rings is 8. The zero-order valence-electron chi connectivity index (χ0n) is 49.8. The Balaban J connectivity index is 0.000000181. The van der Waals surface area contributed by atoms with Crippen LogP contribution in [0.25, 0.3) is 59.9 Å². The molecule has 4 aliphatic heterocycles. The van der Waals surface area contributed by atoms with Crippen LogP contribution in [0.15, 0.2) is 46.9 Å². The Morgan fingerprint density at radius 1 is 0.435 bits per heavy atom. The SMILES string of the molecule is CCCCC(CC)CN1C(=O)/C(=C2/C(=O)N(CC(CC)CCCC)c3c2sc2cc(Br)sc32)c2sc3cc(Br)sc3c21.CCCCC(CC)CN1C(=O)/C(=C2/C(=O)N(CC(CC)CCCC)c3c2sc2ccsc32)c2sc3ccsc3c21.[B]=NS. The molecule has 0 aromatic carbocycles. The summed E-state index contributed by atoms with van der Waals surface area (Å²) in [6.45, 7) is 20.7. The van der Waals surface area contributed by atoms with E-state index in [4.69, 9.17) is 0 Å². The van der Waals surface area contributed by atoms with E-state index in [0.29, 0.717) is 59.1 Å². The van der Waals surface area contributed by atoms with Gasteiger partial charge in [-0.15, -0.1) is 90.7 Å². The normalized spacial score (nSPS) is 17.9. The number of carbonyl (C=O) groups excluding carboxylic acids is 4. The van der Waals surface area contributed by atoms with Crippen LogP contribution in [0.5, 0.6) is 0 Å². The van der Waals surface area contributed by atoms with Crippen LogP contribution in [-0.4, -0.2) is 57.4 Å². The van der Waals surface area contributed by atoms with E-state index in [1.807, 2.05) is 19.6 Å². The minimum absolute atomic E-state index is 0.00438. The number of rotatable bonds is 24. The number of anilines is 4. The number of hydrogen-bond acceptors (Lipinski definition) is 14. The van der Waals surface area contributed by atoms with Crippen molar-refractivity contribution in [3.8, 4) is 0 Å². The van der Waals surface area contributed by atoms with Gasteiger partial charge in [-0.3, -0.25) is 19.2 Å². The number of hydrogen-bond donors (Lipinski definition) is 1. The maximum absolute atomic E-state index is 14.6. The first kappa shape index (κ1) is 65.1. The van der Waals surface area contributed by atoms with Crippen LogP contribution in [-0.2, 0) is 19.2 Å². The molecular weight excluding hydrogens is 1360 g/mol. The van der Waals surface area contributed by atoms with E-state index in [-0.39, 0.29) is 23.6 Å². The first-order chi connectivity index (χ1) is 41.2. The summed E-state index contributed by atoms with van der Waals surface area (Å²) >= 11 is 24.1. The van der Waals surface area contributed by atoms with Crippen molar-refractivity contribution in [3.63, 3.8) is 0 Å². The Morgan fingerprint density at radius 2 is 0.694 bits per heavy atom. The van der Waals surface area contributed by atoms with Crippen LogP contribution >= 0.6 is 135 Å². The summed E-state index contributed by atoms with van der Waals surface area (Å²) in [6.07, 6.45) is 18.0. The molecule has 8 aromatic heterocycles. The van der Waals surface area contributed by atoms with Crippen LogP contribution in [0.2, 0.25) is 0 Å². The molecule has 0 bridgehead atoms. The molecule has 0 aliphatic carbocycles. The molecule has 8 aromatic rings. The average molecular weight is 1440 g/mol. The van der Waals surface area contributed by atoms with Gasteiger partial charge in [0.1, 0.15) is 0 Å². The standard InChI is InChI=1S/C32H36Br2N2O2S4.C32H38N2O2S4.BHNS/c1-5-9-11-17(7-3)15-35-25-27-19(13-21(33)41-27)39-29(25)23(31(35)37)24-30-26(28-20(40-30)14-22(34)42-28)36(32(24)38)16-18(8-4)12-10-6-2;1-5-9-11-19(7-3)17-33-25-27-21(13-15-37-27)39-29(25)23(31(33)35)24-30-26(28-22(40-30)14-16-38-28)34(32(24)36)18-20(8-4)12-10-6-2;1-2-3/h13-14,17-18H,5-12,15-16H2,1-4H3;13-16,19-20H,5-12,17-18H2,1-4H3;3H/b2*24-23+;. The number of thiol groups is 1. The molecule has 4 aliphatic rings. The van der Waals surface area contributed by atoms with E-state index in [9.17, 15) is 19.2 Å². The molecule has 9 nitrogen and oxygen atoms in total. The summed E-state index contributed by atoms with van der Waals surface area (Å²) in [6, 6.07) is 8.65. The van der Waals surface area contributed by atoms with Crippen LogP contribution in [0.3, 0.4) is 0 Å². The second kappa shape index (κ2) is 29.0. The Morgan fingerprint density at radius 3 is 0.953 bits per heavy atom. The summed E-state index contributed by atoms with van der Waals surface area (Å²) in [5, 5.41) is 4.25. The van der Waals surface area contributed by atoms with Gasteiger partial charge in [0.05, 0.1) is 90.9 Å². The van der Waals surface area contributed by atoms with Crippen molar-refractivity contribution < 1.29 is 19.2 Å². The van der Waals surface area contributed by atoms with E-state index in [1.54, 1.807) is 90.7 Å². The number of nitrogens with zero attached hydrogens (tertiary/aromatic N) is 5. The van der Waals surface area contributed by atoms with E-state index in [1.165, 1.54) is 53.9 Å². The average Bonchev–Trinajstić information content (AvgIpc) is 1.60. The fourth-order valence-corrected chi connectivity index (χ4v) is 24.0. The first-order valence-electron chi connectivity index (χ1n) is 30.5. The monoisotopic (exact) mass is 1430 g/mol. The van der Waals surface area contributed by atoms with E-state index < -0.39 is 0 Å². The predicted octanol–water partition coefficient (Wildman–Crippen LogP) is 22.3. The van der Waals surface area contributed by atoms with Crippen molar-refractivity contribution in [2.24, 2.45) is 28.0 Å². The quantitative estimate of drug-likeness (QED) is 0.0370. The van der Waals surface area contributed by atoms with Crippen molar-refractivity contribution in [2.45, 2.75) is 158 Å². The predicted molar refractivity (Wildman–Crippen MR) is 388 cm³/mol. The molecule has 4 unspecified atom stereocenters. The molecule has 4 atom stereocenters. The number of fused-ring (bicyclic) bond motifs is 12.